The molecule has 0 aliphatic carbocycles. The van der Waals surface area contributed by atoms with Gasteiger partial charge in [-0.2, -0.15) is 14.8 Å². The lowest BCUT2D eigenvalue weighted by atomic mass is 10.1. The standard InChI is InChI=1S/C21H17F2N7S/c22-17-4-2-6-26-21(17)31-18-7-13(11-30-19(18)14(8-24)9-27-30)16-12-29(28-20(16)23)15-3-1-5-25-10-15/h2,4,6-7,9,11-12,15,25H,1,3,5,10H2/t15-/m0/s1. The van der Waals surface area contributed by atoms with Gasteiger partial charge in [0.1, 0.15) is 11.1 Å². The zero-order valence-electron chi connectivity index (χ0n) is 16.3. The molecule has 1 aliphatic rings. The van der Waals surface area contributed by atoms with Gasteiger partial charge < -0.3 is 5.32 Å². The van der Waals surface area contributed by atoms with Crippen molar-refractivity contribution in [3.63, 3.8) is 0 Å². The fourth-order valence-electron chi connectivity index (χ4n) is 3.75. The van der Waals surface area contributed by atoms with E-state index in [4.69, 9.17) is 0 Å². The molecule has 5 rings (SSSR count). The summed E-state index contributed by atoms with van der Waals surface area (Å²) in [5, 5.41) is 21.3. The van der Waals surface area contributed by atoms with E-state index < -0.39 is 11.8 Å². The largest absolute Gasteiger partial charge is 0.315 e. The third kappa shape index (κ3) is 3.66. The zero-order chi connectivity index (χ0) is 21.4. The molecule has 7 nitrogen and oxygen atoms in total. The molecular formula is C21H17F2N7S. The van der Waals surface area contributed by atoms with Gasteiger partial charge in [-0.25, -0.2) is 13.9 Å². The number of piperidine rings is 1. The van der Waals surface area contributed by atoms with Crippen molar-refractivity contribution in [1.82, 2.24) is 29.7 Å². The van der Waals surface area contributed by atoms with Gasteiger partial charge in [0.05, 0.1) is 28.9 Å². The van der Waals surface area contributed by atoms with Gasteiger partial charge in [-0.3, -0.25) is 4.68 Å². The van der Waals surface area contributed by atoms with Crippen LogP contribution in [0.15, 0.2) is 52.9 Å². The molecule has 4 aromatic rings. The Labute approximate surface area is 180 Å². The van der Waals surface area contributed by atoms with Crippen molar-refractivity contribution < 1.29 is 8.78 Å². The number of hydrogen-bond acceptors (Lipinski definition) is 6. The zero-order valence-corrected chi connectivity index (χ0v) is 17.1. The number of nitrogens with one attached hydrogen (secondary N) is 1. The van der Waals surface area contributed by atoms with E-state index in [1.165, 1.54) is 29.0 Å². The fourth-order valence-corrected chi connectivity index (χ4v) is 4.72. The van der Waals surface area contributed by atoms with Gasteiger partial charge in [0.25, 0.3) is 0 Å². The summed E-state index contributed by atoms with van der Waals surface area (Å²) in [6.45, 7) is 1.69. The fraction of sp³-hybridized carbons (Fsp3) is 0.238. The Morgan fingerprint density at radius 3 is 2.97 bits per heavy atom. The van der Waals surface area contributed by atoms with E-state index in [-0.39, 0.29) is 11.1 Å². The van der Waals surface area contributed by atoms with E-state index in [0.29, 0.717) is 27.1 Å². The topological polar surface area (TPSA) is 83.8 Å². The molecule has 0 aromatic carbocycles. The number of halogens is 2. The quantitative estimate of drug-likeness (QED) is 0.523. The third-order valence-electron chi connectivity index (χ3n) is 5.27. The monoisotopic (exact) mass is 437 g/mol. The van der Waals surface area contributed by atoms with Crippen molar-refractivity contribution in [3.8, 4) is 17.2 Å². The molecule has 1 atom stereocenters. The maximum atomic E-state index is 14.8. The van der Waals surface area contributed by atoms with Crippen LogP contribution in [0.3, 0.4) is 0 Å². The molecule has 4 aromatic heterocycles. The van der Waals surface area contributed by atoms with Gasteiger partial charge in [0.15, 0.2) is 5.82 Å². The van der Waals surface area contributed by atoms with E-state index in [0.717, 1.165) is 37.7 Å². The van der Waals surface area contributed by atoms with Crippen LogP contribution >= 0.6 is 11.8 Å². The highest BCUT2D eigenvalue weighted by Gasteiger charge is 2.21. The smallest absolute Gasteiger partial charge is 0.240 e. The summed E-state index contributed by atoms with van der Waals surface area (Å²) in [4.78, 5) is 4.63. The molecule has 0 unspecified atom stereocenters. The molecule has 0 spiro atoms. The molecule has 0 amide bonds. The van der Waals surface area contributed by atoms with Crippen LogP contribution in [0.4, 0.5) is 8.78 Å². The first-order chi connectivity index (χ1) is 15.1. The Bertz CT molecular complexity index is 1300. The molecule has 0 bridgehead atoms. The van der Waals surface area contributed by atoms with Crippen LogP contribution in [-0.4, -0.2) is 37.5 Å². The van der Waals surface area contributed by atoms with E-state index in [2.05, 4.69) is 26.6 Å². The van der Waals surface area contributed by atoms with Gasteiger partial charge in [-0.05, 0) is 37.6 Å². The minimum Gasteiger partial charge on any atom is -0.315 e. The lowest BCUT2D eigenvalue weighted by molar-refractivity contribution is 0.338. The van der Waals surface area contributed by atoms with Gasteiger partial charge in [0, 0.05) is 35.6 Å². The molecule has 1 aliphatic heterocycles. The highest BCUT2D eigenvalue weighted by molar-refractivity contribution is 7.99. The number of hydrogen-bond donors (Lipinski definition) is 1. The Morgan fingerprint density at radius 2 is 2.19 bits per heavy atom. The van der Waals surface area contributed by atoms with Crippen molar-refractivity contribution in [2.45, 2.75) is 28.8 Å². The predicted molar refractivity (Wildman–Crippen MR) is 111 cm³/mol. The molecule has 1 N–H and O–H groups in total. The van der Waals surface area contributed by atoms with Crippen LogP contribution in [0.5, 0.6) is 0 Å². The number of rotatable bonds is 4. The van der Waals surface area contributed by atoms with E-state index in [1.54, 1.807) is 23.1 Å². The summed E-state index contributed by atoms with van der Waals surface area (Å²) in [6.07, 6.45) is 8.21. The van der Waals surface area contributed by atoms with Crippen LogP contribution in [0.2, 0.25) is 0 Å². The molecule has 1 fully saturated rings. The number of aromatic nitrogens is 5. The average Bonchev–Trinajstić information content (AvgIpc) is 3.39. The molecule has 31 heavy (non-hydrogen) atoms. The Kier molecular flexibility index (Phi) is 5.13. The Morgan fingerprint density at radius 1 is 1.29 bits per heavy atom. The van der Waals surface area contributed by atoms with Crippen LogP contribution in [0, 0.1) is 23.1 Å². The lowest BCUT2D eigenvalue weighted by Crippen LogP contribution is -2.31. The summed E-state index contributed by atoms with van der Waals surface area (Å²) in [6, 6.07) is 6.74. The Balaban J connectivity index is 1.61. The first-order valence-corrected chi connectivity index (χ1v) is 10.6. The van der Waals surface area contributed by atoms with Crippen molar-refractivity contribution in [1.29, 1.82) is 5.26 Å². The second kappa shape index (κ2) is 8.09. The van der Waals surface area contributed by atoms with E-state index in [9.17, 15) is 14.0 Å². The first-order valence-electron chi connectivity index (χ1n) is 9.79. The van der Waals surface area contributed by atoms with E-state index in [1.807, 2.05) is 0 Å². The molecule has 1 saturated heterocycles. The predicted octanol–water partition coefficient (Wildman–Crippen LogP) is 3.82. The van der Waals surface area contributed by atoms with Gasteiger partial charge in [-0.15, -0.1) is 5.10 Å². The summed E-state index contributed by atoms with van der Waals surface area (Å²) < 4.78 is 32.2. The summed E-state index contributed by atoms with van der Waals surface area (Å²) in [7, 11) is 0. The lowest BCUT2D eigenvalue weighted by Gasteiger charge is -2.22. The van der Waals surface area contributed by atoms with Crippen molar-refractivity contribution in [2.75, 3.05) is 13.1 Å². The van der Waals surface area contributed by atoms with Crippen LogP contribution in [-0.2, 0) is 0 Å². The normalized spacial score (nSPS) is 16.5. The number of pyridine rings is 2. The molecule has 10 heteroatoms. The maximum Gasteiger partial charge on any atom is 0.240 e. The van der Waals surface area contributed by atoms with Gasteiger partial charge in [-0.1, -0.05) is 11.8 Å². The SMILES string of the molecule is N#Cc1cnn2cc(-c3cn([C@H]4CCCNC4)nc3F)cc(Sc3ncccc3F)c12. The Hall–Kier alpha value is -3.29. The van der Waals surface area contributed by atoms with Crippen LogP contribution < -0.4 is 5.32 Å². The number of nitrogens with zero attached hydrogens (tertiary/aromatic N) is 6. The molecule has 0 radical (unpaired) electrons. The summed E-state index contributed by atoms with van der Waals surface area (Å²) in [5.41, 5.74) is 1.72. The number of nitriles is 1. The van der Waals surface area contributed by atoms with Crippen molar-refractivity contribution in [2.24, 2.45) is 0 Å². The number of fused-ring (bicyclic) bond motifs is 1. The van der Waals surface area contributed by atoms with Crippen molar-refractivity contribution >= 4 is 17.3 Å². The molecule has 5 heterocycles. The van der Waals surface area contributed by atoms with E-state index >= 15 is 0 Å². The van der Waals surface area contributed by atoms with Gasteiger partial charge in [0.2, 0.25) is 5.95 Å². The van der Waals surface area contributed by atoms with Crippen LogP contribution in [0.25, 0.3) is 16.6 Å². The van der Waals surface area contributed by atoms with Gasteiger partial charge >= 0.3 is 0 Å². The molecular weight excluding hydrogens is 420 g/mol. The average molecular weight is 437 g/mol. The summed E-state index contributed by atoms with van der Waals surface area (Å²) in [5.74, 6) is -1.06. The summed E-state index contributed by atoms with van der Waals surface area (Å²) >= 11 is 1.07. The minimum atomic E-state index is -0.586. The third-order valence-corrected chi connectivity index (χ3v) is 6.30. The second-order valence-corrected chi connectivity index (χ2v) is 8.29. The molecule has 156 valence electrons. The first kappa shape index (κ1) is 19.7. The second-order valence-electron chi connectivity index (χ2n) is 7.26. The van der Waals surface area contributed by atoms with Crippen LogP contribution in [0.1, 0.15) is 24.4 Å². The molecule has 0 saturated carbocycles. The minimum absolute atomic E-state index is 0.0899. The highest BCUT2D eigenvalue weighted by Crippen LogP contribution is 2.36. The highest BCUT2D eigenvalue weighted by atomic mass is 32.2. The maximum absolute atomic E-state index is 14.8. The van der Waals surface area contributed by atoms with Crippen molar-refractivity contribution in [3.05, 3.63) is 60.3 Å².